The lowest BCUT2D eigenvalue weighted by atomic mass is 9.95. The fourth-order valence-electron chi connectivity index (χ4n) is 3.11. The van der Waals surface area contributed by atoms with E-state index in [0.29, 0.717) is 12.5 Å². The highest BCUT2D eigenvalue weighted by Crippen LogP contribution is 2.40. The largest absolute Gasteiger partial charge is 0.477 e. The van der Waals surface area contributed by atoms with Crippen LogP contribution in [-0.4, -0.2) is 11.6 Å². The van der Waals surface area contributed by atoms with Crippen molar-refractivity contribution in [2.24, 2.45) is 5.41 Å². The maximum absolute atomic E-state index is 6.03. The maximum atomic E-state index is 6.03. The number of benzene rings is 1. The van der Waals surface area contributed by atoms with Gasteiger partial charge in [0.1, 0.15) is 0 Å². The summed E-state index contributed by atoms with van der Waals surface area (Å²) in [7, 11) is 0. The third kappa shape index (κ3) is 3.01. The third-order valence-electron chi connectivity index (χ3n) is 4.27. The Morgan fingerprint density at radius 1 is 1.14 bits per heavy atom. The molecule has 1 aromatic carbocycles. The van der Waals surface area contributed by atoms with Crippen molar-refractivity contribution >= 4 is 0 Å². The standard InChI is InChI=1S/C20H25NO/c1-14-10-11-17-15(14)7-5-8-16(17)18-9-6-12-21-19(18)22-13-20(2,3)4/h5-9,12,14H,10-11,13H2,1-4H3. The number of rotatable bonds is 3. The van der Waals surface area contributed by atoms with E-state index in [-0.39, 0.29) is 5.41 Å². The van der Waals surface area contributed by atoms with Crippen LogP contribution in [0.1, 0.15) is 51.2 Å². The van der Waals surface area contributed by atoms with Crippen LogP contribution in [0, 0.1) is 5.41 Å². The van der Waals surface area contributed by atoms with E-state index in [0.717, 1.165) is 17.9 Å². The molecular weight excluding hydrogens is 270 g/mol. The first-order chi connectivity index (χ1) is 10.5. The molecule has 2 nitrogen and oxygen atoms in total. The second-order valence-corrected chi connectivity index (χ2v) is 7.52. The lowest BCUT2D eigenvalue weighted by Gasteiger charge is -2.20. The molecule has 116 valence electrons. The van der Waals surface area contributed by atoms with Gasteiger partial charge in [-0.25, -0.2) is 4.98 Å². The fraction of sp³-hybridized carbons (Fsp3) is 0.450. The normalized spacial score (nSPS) is 17.4. The molecule has 0 fully saturated rings. The van der Waals surface area contributed by atoms with Crippen LogP contribution in [0.2, 0.25) is 0 Å². The monoisotopic (exact) mass is 295 g/mol. The first-order valence-electron chi connectivity index (χ1n) is 8.16. The summed E-state index contributed by atoms with van der Waals surface area (Å²) in [6.07, 6.45) is 4.21. The quantitative estimate of drug-likeness (QED) is 0.774. The number of hydrogen-bond donors (Lipinski definition) is 0. The molecule has 2 aromatic rings. The van der Waals surface area contributed by atoms with Gasteiger partial charge in [-0.15, -0.1) is 0 Å². The average molecular weight is 295 g/mol. The van der Waals surface area contributed by atoms with E-state index in [4.69, 9.17) is 4.74 Å². The number of ether oxygens (including phenoxy) is 1. The summed E-state index contributed by atoms with van der Waals surface area (Å²) in [4.78, 5) is 4.48. The Balaban J connectivity index is 2.00. The van der Waals surface area contributed by atoms with E-state index >= 15 is 0 Å². The van der Waals surface area contributed by atoms with Gasteiger partial charge in [-0.3, -0.25) is 0 Å². The van der Waals surface area contributed by atoms with Gasteiger partial charge in [0.15, 0.2) is 0 Å². The van der Waals surface area contributed by atoms with Crippen LogP contribution in [-0.2, 0) is 6.42 Å². The Kier molecular flexibility index (Phi) is 3.94. The summed E-state index contributed by atoms with van der Waals surface area (Å²) in [5.74, 6) is 1.41. The Morgan fingerprint density at radius 2 is 1.91 bits per heavy atom. The van der Waals surface area contributed by atoms with E-state index in [1.807, 2.05) is 12.3 Å². The second-order valence-electron chi connectivity index (χ2n) is 7.52. The third-order valence-corrected chi connectivity index (χ3v) is 4.27. The van der Waals surface area contributed by atoms with Crippen molar-refractivity contribution in [3.63, 3.8) is 0 Å². The van der Waals surface area contributed by atoms with Crippen LogP contribution < -0.4 is 4.74 Å². The van der Waals surface area contributed by atoms with Gasteiger partial charge in [-0.1, -0.05) is 45.9 Å². The van der Waals surface area contributed by atoms with Crippen LogP contribution in [0.5, 0.6) is 5.88 Å². The number of nitrogens with zero attached hydrogens (tertiary/aromatic N) is 1. The number of hydrogen-bond acceptors (Lipinski definition) is 2. The molecule has 0 saturated carbocycles. The predicted octanol–water partition coefficient (Wildman–Crippen LogP) is 5.22. The van der Waals surface area contributed by atoms with Gasteiger partial charge in [0.25, 0.3) is 0 Å². The van der Waals surface area contributed by atoms with E-state index in [2.05, 4.69) is 56.9 Å². The minimum atomic E-state index is 0.127. The molecule has 0 N–H and O–H groups in total. The van der Waals surface area contributed by atoms with Gasteiger partial charge < -0.3 is 4.74 Å². The van der Waals surface area contributed by atoms with Crippen LogP contribution in [0.15, 0.2) is 36.5 Å². The predicted molar refractivity (Wildman–Crippen MR) is 91.4 cm³/mol. The molecule has 1 aliphatic rings. The summed E-state index contributed by atoms with van der Waals surface area (Å²) in [6.45, 7) is 9.52. The molecule has 0 aliphatic heterocycles. The highest BCUT2D eigenvalue weighted by molar-refractivity contribution is 5.73. The maximum Gasteiger partial charge on any atom is 0.221 e. The first kappa shape index (κ1) is 15.1. The summed E-state index contributed by atoms with van der Waals surface area (Å²) in [5, 5.41) is 0. The Labute approximate surface area is 133 Å². The molecule has 1 unspecified atom stereocenters. The van der Waals surface area contributed by atoms with Crippen molar-refractivity contribution in [2.75, 3.05) is 6.61 Å². The van der Waals surface area contributed by atoms with Crippen LogP contribution >= 0.6 is 0 Å². The smallest absolute Gasteiger partial charge is 0.221 e. The molecule has 3 rings (SSSR count). The number of fused-ring (bicyclic) bond motifs is 1. The van der Waals surface area contributed by atoms with Gasteiger partial charge >= 0.3 is 0 Å². The highest BCUT2D eigenvalue weighted by Gasteiger charge is 2.23. The lowest BCUT2D eigenvalue weighted by Crippen LogP contribution is -2.17. The van der Waals surface area contributed by atoms with Gasteiger partial charge in [0.2, 0.25) is 5.88 Å². The fourth-order valence-corrected chi connectivity index (χ4v) is 3.11. The summed E-state index contributed by atoms with van der Waals surface area (Å²) in [6, 6.07) is 10.8. The molecule has 0 radical (unpaired) electrons. The Hall–Kier alpha value is -1.83. The van der Waals surface area contributed by atoms with Crippen LogP contribution in [0.25, 0.3) is 11.1 Å². The van der Waals surface area contributed by atoms with E-state index in [9.17, 15) is 0 Å². The molecule has 0 amide bonds. The van der Waals surface area contributed by atoms with Crippen molar-refractivity contribution in [2.45, 2.75) is 46.5 Å². The SMILES string of the molecule is CC1CCc2c(-c3cccnc3OCC(C)(C)C)cccc21. The van der Waals surface area contributed by atoms with E-state index in [1.54, 1.807) is 0 Å². The molecule has 2 heteroatoms. The zero-order valence-electron chi connectivity index (χ0n) is 14.0. The Bertz CT molecular complexity index is 670. The molecule has 1 heterocycles. The summed E-state index contributed by atoms with van der Waals surface area (Å²) in [5.41, 5.74) is 5.50. The first-order valence-corrected chi connectivity index (χ1v) is 8.16. The molecule has 1 aliphatic carbocycles. The van der Waals surface area contributed by atoms with Crippen LogP contribution in [0.3, 0.4) is 0 Å². The van der Waals surface area contributed by atoms with Crippen molar-refractivity contribution < 1.29 is 4.74 Å². The average Bonchev–Trinajstić information content (AvgIpc) is 2.87. The number of pyridine rings is 1. The topological polar surface area (TPSA) is 22.1 Å². The minimum Gasteiger partial charge on any atom is -0.477 e. The van der Waals surface area contributed by atoms with Gasteiger partial charge in [-0.2, -0.15) is 0 Å². The van der Waals surface area contributed by atoms with Crippen molar-refractivity contribution in [3.05, 3.63) is 47.7 Å². The van der Waals surface area contributed by atoms with Gasteiger partial charge in [0.05, 0.1) is 6.61 Å². The van der Waals surface area contributed by atoms with Crippen molar-refractivity contribution in [1.29, 1.82) is 0 Å². The minimum absolute atomic E-state index is 0.127. The zero-order valence-corrected chi connectivity index (χ0v) is 14.0. The highest BCUT2D eigenvalue weighted by atomic mass is 16.5. The molecule has 0 saturated heterocycles. The second kappa shape index (κ2) is 5.75. The molecule has 0 spiro atoms. The molecule has 0 bridgehead atoms. The lowest BCUT2D eigenvalue weighted by molar-refractivity contribution is 0.192. The van der Waals surface area contributed by atoms with E-state index < -0.39 is 0 Å². The molecule has 1 aromatic heterocycles. The van der Waals surface area contributed by atoms with E-state index in [1.165, 1.54) is 23.1 Å². The summed E-state index contributed by atoms with van der Waals surface area (Å²) >= 11 is 0. The molecular formula is C20H25NO. The van der Waals surface area contributed by atoms with Gasteiger partial charge in [-0.05, 0) is 53.0 Å². The van der Waals surface area contributed by atoms with Gasteiger partial charge in [0, 0.05) is 11.8 Å². The number of aromatic nitrogens is 1. The molecule has 22 heavy (non-hydrogen) atoms. The van der Waals surface area contributed by atoms with Crippen molar-refractivity contribution in [1.82, 2.24) is 4.98 Å². The molecule has 1 atom stereocenters. The van der Waals surface area contributed by atoms with Crippen LogP contribution in [0.4, 0.5) is 0 Å². The summed E-state index contributed by atoms with van der Waals surface area (Å²) < 4.78 is 6.03. The van der Waals surface area contributed by atoms with Crippen molar-refractivity contribution in [3.8, 4) is 17.0 Å². The zero-order chi connectivity index (χ0) is 15.7. The Morgan fingerprint density at radius 3 is 2.68 bits per heavy atom.